The van der Waals surface area contributed by atoms with Gasteiger partial charge < -0.3 is 5.73 Å². The average Bonchev–Trinajstić information content (AvgIpc) is 2.69. The predicted molar refractivity (Wildman–Crippen MR) is 64.6 cm³/mol. The lowest BCUT2D eigenvalue weighted by Crippen LogP contribution is -2.20. The van der Waals surface area contributed by atoms with Gasteiger partial charge in [0, 0.05) is 10.9 Å². The first kappa shape index (κ1) is 11.7. The van der Waals surface area contributed by atoms with E-state index in [1.54, 1.807) is 11.3 Å². The van der Waals surface area contributed by atoms with Crippen LogP contribution in [-0.2, 0) is 0 Å². The molecular formula is C12H21NS. The molecule has 0 amide bonds. The lowest BCUT2D eigenvalue weighted by molar-refractivity contribution is 0.372. The molecule has 0 radical (unpaired) electrons. The highest BCUT2D eigenvalue weighted by Gasteiger charge is 2.18. The monoisotopic (exact) mass is 211 g/mol. The van der Waals surface area contributed by atoms with Gasteiger partial charge in [0.1, 0.15) is 0 Å². The Bertz CT molecular complexity index is 224. The van der Waals surface area contributed by atoms with E-state index in [2.05, 4.69) is 31.4 Å². The molecule has 1 aromatic heterocycles. The predicted octanol–water partition coefficient (Wildman–Crippen LogP) is 3.96. The number of nitrogens with two attached hydrogens (primary N) is 1. The normalized spacial score (nSPS) is 13.4. The SMILES string of the molecule is CCCC(CCC)C(N)c1cccs1. The first-order valence-electron chi connectivity index (χ1n) is 5.58. The molecule has 1 nitrogen and oxygen atoms in total. The summed E-state index contributed by atoms with van der Waals surface area (Å²) in [5.41, 5.74) is 6.27. The second-order valence-corrected chi connectivity index (χ2v) is 4.86. The summed E-state index contributed by atoms with van der Waals surface area (Å²) in [5.74, 6) is 0.670. The molecule has 0 aliphatic carbocycles. The van der Waals surface area contributed by atoms with E-state index in [0.717, 1.165) is 0 Å². The second kappa shape index (κ2) is 6.20. The van der Waals surface area contributed by atoms with Crippen molar-refractivity contribution in [2.45, 2.75) is 45.6 Å². The third-order valence-electron chi connectivity index (χ3n) is 2.70. The van der Waals surface area contributed by atoms with E-state index < -0.39 is 0 Å². The Balaban J connectivity index is 2.58. The van der Waals surface area contributed by atoms with Gasteiger partial charge in [0.25, 0.3) is 0 Å². The Morgan fingerprint density at radius 2 is 1.93 bits per heavy atom. The molecule has 0 bridgehead atoms. The van der Waals surface area contributed by atoms with Gasteiger partial charge >= 0.3 is 0 Å². The van der Waals surface area contributed by atoms with Crippen LogP contribution in [0.3, 0.4) is 0 Å². The van der Waals surface area contributed by atoms with E-state index in [1.807, 2.05) is 0 Å². The minimum Gasteiger partial charge on any atom is -0.323 e. The summed E-state index contributed by atoms with van der Waals surface area (Å²) < 4.78 is 0. The quantitative estimate of drug-likeness (QED) is 0.757. The lowest BCUT2D eigenvalue weighted by atomic mass is 9.90. The largest absolute Gasteiger partial charge is 0.323 e. The molecule has 2 heteroatoms. The molecule has 14 heavy (non-hydrogen) atoms. The summed E-state index contributed by atoms with van der Waals surface area (Å²) in [6.07, 6.45) is 4.99. The van der Waals surface area contributed by atoms with E-state index in [0.29, 0.717) is 5.92 Å². The Hall–Kier alpha value is -0.340. The van der Waals surface area contributed by atoms with Crippen LogP contribution in [0.25, 0.3) is 0 Å². The van der Waals surface area contributed by atoms with Crippen LogP contribution in [0.4, 0.5) is 0 Å². The molecule has 1 unspecified atom stereocenters. The Morgan fingerprint density at radius 3 is 2.36 bits per heavy atom. The summed E-state index contributed by atoms with van der Waals surface area (Å²) in [5, 5.41) is 2.12. The van der Waals surface area contributed by atoms with Crippen LogP contribution in [0, 0.1) is 5.92 Å². The summed E-state index contributed by atoms with van der Waals surface area (Å²) in [7, 11) is 0. The van der Waals surface area contributed by atoms with Gasteiger partial charge in [-0.1, -0.05) is 32.8 Å². The fraction of sp³-hybridized carbons (Fsp3) is 0.667. The van der Waals surface area contributed by atoms with Gasteiger partial charge in [-0.05, 0) is 30.2 Å². The molecule has 0 aliphatic rings. The fourth-order valence-electron chi connectivity index (χ4n) is 1.96. The summed E-state index contributed by atoms with van der Waals surface area (Å²) in [4.78, 5) is 1.34. The third-order valence-corrected chi connectivity index (χ3v) is 3.67. The minimum absolute atomic E-state index is 0.259. The maximum absolute atomic E-state index is 6.27. The summed E-state index contributed by atoms with van der Waals surface area (Å²) in [6.45, 7) is 4.48. The molecule has 0 spiro atoms. The van der Waals surface area contributed by atoms with Crippen LogP contribution >= 0.6 is 11.3 Å². The van der Waals surface area contributed by atoms with Gasteiger partial charge in [-0.15, -0.1) is 11.3 Å². The minimum atomic E-state index is 0.259. The van der Waals surface area contributed by atoms with Gasteiger partial charge in [0.15, 0.2) is 0 Å². The molecule has 1 heterocycles. The van der Waals surface area contributed by atoms with Gasteiger partial charge in [-0.3, -0.25) is 0 Å². The van der Waals surface area contributed by atoms with Gasteiger partial charge in [-0.25, -0.2) is 0 Å². The highest BCUT2D eigenvalue weighted by Crippen LogP contribution is 2.29. The molecule has 1 aromatic rings. The molecule has 0 saturated heterocycles. The maximum atomic E-state index is 6.27. The van der Waals surface area contributed by atoms with Crippen molar-refractivity contribution in [3.8, 4) is 0 Å². The highest BCUT2D eigenvalue weighted by atomic mass is 32.1. The smallest absolute Gasteiger partial charge is 0.0418 e. The average molecular weight is 211 g/mol. The first-order chi connectivity index (χ1) is 6.79. The van der Waals surface area contributed by atoms with Crippen LogP contribution in [0.1, 0.15) is 50.4 Å². The van der Waals surface area contributed by atoms with Crippen LogP contribution in [-0.4, -0.2) is 0 Å². The van der Waals surface area contributed by atoms with E-state index in [4.69, 9.17) is 5.73 Å². The van der Waals surface area contributed by atoms with Crippen LogP contribution < -0.4 is 5.73 Å². The Labute approximate surface area is 91.3 Å². The van der Waals surface area contributed by atoms with Crippen molar-refractivity contribution in [1.29, 1.82) is 0 Å². The van der Waals surface area contributed by atoms with Crippen molar-refractivity contribution in [2.75, 3.05) is 0 Å². The van der Waals surface area contributed by atoms with Crippen LogP contribution in [0.2, 0.25) is 0 Å². The van der Waals surface area contributed by atoms with Gasteiger partial charge in [0.05, 0.1) is 0 Å². The van der Waals surface area contributed by atoms with Crippen molar-refractivity contribution in [3.05, 3.63) is 22.4 Å². The van der Waals surface area contributed by atoms with E-state index in [9.17, 15) is 0 Å². The molecule has 0 saturated carbocycles. The summed E-state index contributed by atoms with van der Waals surface area (Å²) >= 11 is 1.79. The van der Waals surface area contributed by atoms with E-state index >= 15 is 0 Å². The number of hydrogen-bond acceptors (Lipinski definition) is 2. The third kappa shape index (κ3) is 3.10. The van der Waals surface area contributed by atoms with Crippen molar-refractivity contribution >= 4 is 11.3 Å². The second-order valence-electron chi connectivity index (χ2n) is 3.88. The van der Waals surface area contributed by atoms with Crippen molar-refractivity contribution in [1.82, 2.24) is 0 Å². The zero-order valence-electron chi connectivity index (χ0n) is 9.20. The fourth-order valence-corrected chi connectivity index (χ4v) is 2.78. The molecule has 0 aromatic carbocycles. The zero-order valence-corrected chi connectivity index (χ0v) is 10.0. The number of hydrogen-bond donors (Lipinski definition) is 1. The zero-order chi connectivity index (χ0) is 10.4. The lowest BCUT2D eigenvalue weighted by Gasteiger charge is -2.22. The summed E-state index contributed by atoms with van der Waals surface area (Å²) in [6, 6.07) is 4.51. The maximum Gasteiger partial charge on any atom is 0.0418 e. The van der Waals surface area contributed by atoms with Crippen molar-refractivity contribution in [2.24, 2.45) is 11.7 Å². The molecule has 0 aliphatic heterocycles. The highest BCUT2D eigenvalue weighted by molar-refractivity contribution is 7.10. The standard InChI is InChI=1S/C12H21NS/c1-3-6-10(7-4-2)12(13)11-8-5-9-14-11/h5,8-10,12H,3-4,6-7,13H2,1-2H3. The van der Waals surface area contributed by atoms with Crippen LogP contribution in [0.5, 0.6) is 0 Å². The Morgan fingerprint density at radius 1 is 1.29 bits per heavy atom. The molecule has 0 fully saturated rings. The Kier molecular flexibility index (Phi) is 5.20. The van der Waals surface area contributed by atoms with Gasteiger partial charge in [0.2, 0.25) is 0 Å². The first-order valence-corrected chi connectivity index (χ1v) is 6.46. The molecule has 1 rings (SSSR count). The van der Waals surface area contributed by atoms with E-state index in [-0.39, 0.29) is 6.04 Å². The van der Waals surface area contributed by atoms with Crippen molar-refractivity contribution in [3.63, 3.8) is 0 Å². The molecule has 1 atom stereocenters. The van der Waals surface area contributed by atoms with Crippen molar-refractivity contribution < 1.29 is 0 Å². The number of rotatable bonds is 6. The topological polar surface area (TPSA) is 26.0 Å². The molecular weight excluding hydrogens is 190 g/mol. The molecule has 2 N–H and O–H groups in total. The number of thiophene rings is 1. The molecule has 80 valence electrons. The van der Waals surface area contributed by atoms with Gasteiger partial charge in [-0.2, -0.15) is 0 Å². The van der Waals surface area contributed by atoms with E-state index in [1.165, 1.54) is 30.6 Å². The van der Waals surface area contributed by atoms with Crippen LogP contribution in [0.15, 0.2) is 17.5 Å².